The highest BCUT2D eigenvalue weighted by atomic mass is 16.5. The first-order chi connectivity index (χ1) is 14.2. The zero-order chi connectivity index (χ0) is 20.5. The van der Waals surface area contributed by atoms with Gasteiger partial charge in [-0.1, -0.05) is 55.1 Å². The van der Waals surface area contributed by atoms with E-state index >= 15 is 0 Å². The SMILES string of the molecule is C=C(C=O)COC(=O)CCc1ccc(N(c2ccccc2)c2ccccc2)cc1. The second-order valence-electron chi connectivity index (χ2n) is 6.61. The predicted molar refractivity (Wildman–Crippen MR) is 116 cm³/mol. The van der Waals surface area contributed by atoms with E-state index < -0.39 is 0 Å². The molecule has 0 aliphatic heterocycles. The van der Waals surface area contributed by atoms with Crippen LogP contribution in [0.1, 0.15) is 12.0 Å². The number of benzene rings is 3. The molecule has 4 heteroatoms. The van der Waals surface area contributed by atoms with Crippen LogP contribution in [0.15, 0.2) is 97.1 Å². The minimum absolute atomic E-state index is 0.0512. The maximum atomic E-state index is 11.8. The van der Waals surface area contributed by atoms with Gasteiger partial charge in [-0.2, -0.15) is 0 Å². The van der Waals surface area contributed by atoms with E-state index in [1.807, 2.05) is 48.5 Å². The summed E-state index contributed by atoms with van der Waals surface area (Å²) in [7, 11) is 0. The minimum Gasteiger partial charge on any atom is -0.461 e. The molecule has 0 aliphatic rings. The number of para-hydroxylation sites is 2. The van der Waals surface area contributed by atoms with Crippen LogP contribution < -0.4 is 4.90 Å². The number of rotatable bonds is 9. The van der Waals surface area contributed by atoms with Crippen molar-refractivity contribution in [2.75, 3.05) is 11.5 Å². The first kappa shape index (κ1) is 20.1. The standard InChI is InChI=1S/C25H23NO3/c1-20(18-27)19-29-25(28)17-14-21-12-15-24(16-13-21)26(22-8-4-2-5-9-22)23-10-6-3-7-11-23/h2-13,15-16,18H,1,14,17,19H2. The van der Waals surface area contributed by atoms with E-state index in [4.69, 9.17) is 4.74 Å². The summed E-state index contributed by atoms with van der Waals surface area (Å²) in [6.07, 6.45) is 1.42. The van der Waals surface area contributed by atoms with Crippen molar-refractivity contribution in [2.45, 2.75) is 12.8 Å². The Morgan fingerprint density at radius 2 is 1.34 bits per heavy atom. The van der Waals surface area contributed by atoms with Crippen molar-refractivity contribution in [3.8, 4) is 0 Å². The van der Waals surface area contributed by atoms with Crippen LogP contribution in [-0.2, 0) is 20.7 Å². The molecule has 0 bridgehead atoms. The largest absolute Gasteiger partial charge is 0.461 e. The van der Waals surface area contributed by atoms with Crippen LogP contribution >= 0.6 is 0 Å². The van der Waals surface area contributed by atoms with E-state index in [0.717, 1.165) is 22.6 Å². The molecule has 3 aromatic rings. The number of ether oxygens (including phenoxy) is 1. The molecular weight excluding hydrogens is 362 g/mol. The lowest BCUT2D eigenvalue weighted by Crippen LogP contribution is -2.10. The van der Waals surface area contributed by atoms with Crippen LogP contribution in [0.3, 0.4) is 0 Å². The second-order valence-corrected chi connectivity index (χ2v) is 6.61. The summed E-state index contributed by atoms with van der Waals surface area (Å²) in [6.45, 7) is 3.44. The van der Waals surface area contributed by atoms with E-state index in [9.17, 15) is 9.59 Å². The molecule has 0 fully saturated rings. The quantitative estimate of drug-likeness (QED) is 0.282. The lowest BCUT2D eigenvalue weighted by atomic mass is 10.1. The van der Waals surface area contributed by atoms with Gasteiger partial charge in [0.05, 0.1) is 0 Å². The number of aryl methyl sites for hydroxylation is 1. The van der Waals surface area contributed by atoms with Crippen molar-refractivity contribution in [2.24, 2.45) is 0 Å². The van der Waals surface area contributed by atoms with Crippen molar-refractivity contribution < 1.29 is 14.3 Å². The van der Waals surface area contributed by atoms with Gasteiger partial charge in [-0.25, -0.2) is 0 Å². The van der Waals surface area contributed by atoms with Crippen molar-refractivity contribution in [1.29, 1.82) is 0 Å². The Hall–Kier alpha value is -3.66. The number of carbonyl (C=O) groups is 2. The van der Waals surface area contributed by atoms with Gasteiger partial charge in [-0.3, -0.25) is 9.59 Å². The molecule has 0 aliphatic carbocycles. The fraction of sp³-hybridized carbons (Fsp3) is 0.120. The molecule has 3 aromatic carbocycles. The van der Waals surface area contributed by atoms with Crippen molar-refractivity contribution in [1.82, 2.24) is 0 Å². The van der Waals surface area contributed by atoms with Crippen LogP contribution in [0.4, 0.5) is 17.1 Å². The molecule has 0 amide bonds. The Labute approximate surface area is 171 Å². The maximum Gasteiger partial charge on any atom is 0.306 e. The molecule has 0 saturated heterocycles. The van der Waals surface area contributed by atoms with E-state index in [0.29, 0.717) is 12.7 Å². The van der Waals surface area contributed by atoms with Crippen LogP contribution in [0.5, 0.6) is 0 Å². The number of anilines is 3. The van der Waals surface area contributed by atoms with Gasteiger partial charge in [0.15, 0.2) is 0 Å². The van der Waals surface area contributed by atoms with Gasteiger partial charge in [0.1, 0.15) is 12.9 Å². The van der Waals surface area contributed by atoms with Crippen LogP contribution in [0.25, 0.3) is 0 Å². The van der Waals surface area contributed by atoms with Gasteiger partial charge in [0.2, 0.25) is 0 Å². The number of aldehydes is 1. The fourth-order valence-corrected chi connectivity index (χ4v) is 2.94. The average molecular weight is 385 g/mol. The van der Waals surface area contributed by atoms with E-state index in [2.05, 4.69) is 47.9 Å². The normalized spacial score (nSPS) is 10.2. The highest BCUT2D eigenvalue weighted by Gasteiger charge is 2.12. The monoisotopic (exact) mass is 385 g/mol. The Balaban J connectivity index is 1.71. The number of esters is 1. The fourth-order valence-electron chi connectivity index (χ4n) is 2.94. The average Bonchev–Trinajstić information content (AvgIpc) is 2.78. The maximum absolute atomic E-state index is 11.8. The highest BCUT2D eigenvalue weighted by Crippen LogP contribution is 2.34. The topological polar surface area (TPSA) is 46.6 Å². The van der Waals surface area contributed by atoms with E-state index in [-0.39, 0.29) is 24.6 Å². The Morgan fingerprint density at radius 1 is 0.828 bits per heavy atom. The van der Waals surface area contributed by atoms with Gasteiger partial charge in [-0.15, -0.1) is 0 Å². The highest BCUT2D eigenvalue weighted by molar-refractivity contribution is 5.77. The van der Waals surface area contributed by atoms with E-state index in [1.165, 1.54) is 0 Å². The second kappa shape index (κ2) is 10.0. The molecule has 29 heavy (non-hydrogen) atoms. The summed E-state index contributed by atoms with van der Waals surface area (Å²) < 4.78 is 5.02. The number of nitrogens with zero attached hydrogens (tertiary/aromatic N) is 1. The zero-order valence-electron chi connectivity index (χ0n) is 16.2. The Morgan fingerprint density at radius 3 is 1.86 bits per heavy atom. The zero-order valence-corrected chi connectivity index (χ0v) is 16.2. The van der Waals surface area contributed by atoms with Gasteiger partial charge in [0, 0.05) is 29.1 Å². The molecule has 0 heterocycles. The molecule has 0 N–H and O–H groups in total. The lowest BCUT2D eigenvalue weighted by Gasteiger charge is -2.25. The minimum atomic E-state index is -0.340. The third-order valence-electron chi connectivity index (χ3n) is 4.43. The number of carbonyl (C=O) groups excluding carboxylic acids is 2. The molecular formula is C25H23NO3. The molecule has 0 radical (unpaired) electrons. The first-order valence-corrected chi connectivity index (χ1v) is 9.45. The molecule has 146 valence electrons. The van der Waals surface area contributed by atoms with Gasteiger partial charge in [-0.05, 0) is 48.4 Å². The molecule has 0 saturated carbocycles. The third kappa shape index (κ3) is 5.66. The Kier molecular flexibility index (Phi) is 6.95. The first-order valence-electron chi connectivity index (χ1n) is 9.45. The summed E-state index contributed by atoms with van der Waals surface area (Å²) >= 11 is 0. The van der Waals surface area contributed by atoms with E-state index in [1.54, 1.807) is 0 Å². The molecule has 4 nitrogen and oxygen atoms in total. The van der Waals surface area contributed by atoms with Crippen molar-refractivity contribution >= 4 is 29.3 Å². The molecule has 0 spiro atoms. The van der Waals surface area contributed by atoms with Crippen molar-refractivity contribution in [3.63, 3.8) is 0 Å². The number of hydrogen-bond donors (Lipinski definition) is 0. The summed E-state index contributed by atoms with van der Waals surface area (Å²) in [5.74, 6) is -0.340. The van der Waals surface area contributed by atoms with Crippen molar-refractivity contribution in [3.05, 3.63) is 103 Å². The smallest absolute Gasteiger partial charge is 0.306 e. The van der Waals surface area contributed by atoms with Gasteiger partial charge >= 0.3 is 5.97 Å². The summed E-state index contributed by atoms with van der Waals surface area (Å²) in [5.41, 5.74) is 4.48. The lowest BCUT2D eigenvalue weighted by molar-refractivity contribution is -0.142. The summed E-state index contributed by atoms with van der Waals surface area (Å²) in [5, 5.41) is 0. The molecule has 3 rings (SSSR count). The van der Waals surface area contributed by atoms with Gasteiger partial charge in [0.25, 0.3) is 0 Å². The predicted octanol–water partition coefficient (Wildman–Crippen LogP) is 5.39. The van der Waals surface area contributed by atoms with Crippen LogP contribution in [0.2, 0.25) is 0 Å². The molecule has 0 unspecified atom stereocenters. The van der Waals surface area contributed by atoms with Gasteiger partial charge < -0.3 is 9.64 Å². The summed E-state index contributed by atoms with van der Waals surface area (Å²) in [4.78, 5) is 24.5. The third-order valence-corrected chi connectivity index (χ3v) is 4.43. The van der Waals surface area contributed by atoms with Crippen LogP contribution in [0, 0.1) is 0 Å². The van der Waals surface area contributed by atoms with Crippen LogP contribution in [-0.4, -0.2) is 18.9 Å². The molecule has 0 atom stereocenters. The number of hydrogen-bond acceptors (Lipinski definition) is 4. The summed E-state index contributed by atoms with van der Waals surface area (Å²) in [6, 6.07) is 28.5. The molecule has 0 aromatic heterocycles. The Bertz CT molecular complexity index is 911.